The molecule has 120 valence electrons. The fourth-order valence-corrected chi connectivity index (χ4v) is 2.13. The molecular weight excluding hydrogens is 344 g/mol. The van der Waals surface area contributed by atoms with Gasteiger partial charge in [0, 0.05) is 10.7 Å². The van der Waals surface area contributed by atoms with Crippen LogP contribution in [0.5, 0.6) is 0 Å². The first kappa shape index (κ1) is 17.1. The fourth-order valence-electron chi connectivity index (χ4n) is 1.79. The fraction of sp³-hybridized carbons (Fsp3) is 0.0667. The Morgan fingerprint density at radius 1 is 1.13 bits per heavy atom. The average Bonchev–Trinajstić information content (AvgIpc) is 2.50. The summed E-state index contributed by atoms with van der Waals surface area (Å²) in [5.74, 6) is -2.00. The normalized spacial score (nSPS) is 10.2. The van der Waals surface area contributed by atoms with Gasteiger partial charge in [-0.1, -0.05) is 23.2 Å². The van der Waals surface area contributed by atoms with E-state index in [1.165, 1.54) is 18.2 Å². The summed E-state index contributed by atoms with van der Waals surface area (Å²) in [4.78, 5) is 23.0. The van der Waals surface area contributed by atoms with Gasteiger partial charge < -0.3 is 16.4 Å². The number of nitrogens with one attached hydrogen (secondary N) is 2. The van der Waals surface area contributed by atoms with Crippen LogP contribution in [0, 0.1) is 5.82 Å². The van der Waals surface area contributed by atoms with Crippen LogP contribution in [-0.4, -0.2) is 18.4 Å². The Labute approximate surface area is 141 Å². The molecule has 0 atom stereocenters. The molecule has 23 heavy (non-hydrogen) atoms. The standard InChI is InChI=1S/C15H12Cl2FN3O2/c16-8-1-3-11(17)13(5-8)21-14(22)7-20-9-2-4-12(18)10(6-9)15(19)23/h1-6,20H,7H2,(H2,19,23)(H,21,22). The summed E-state index contributed by atoms with van der Waals surface area (Å²) in [6.45, 7) is -0.118. The van der Waals surface area contributed by atoms with Crippen molar-refractivity contribution in [2.45, 2.75) is 0 Å². The first-order valence-corrected chi connectivity index (χ1v) is 7.20. The van der Waals surface area contributed by atoms with Crippen LogP contribution in [0.2, 0.25) is 10.0 Å². The van der Waals surface area contributed by atoms with Gasteiger partial charge in [-0.05, 0) is 36.4 Å². The maximum absolute atomic E-state index is 13.4. The van der Waals surface area contributed by atoms with Crippen LogP contribution in [0.15, 0.2) is 36.4 Å². The van der Waals surface area contributed by atoms with Gasteiger partial charge in [0.15, 0.2) is 0 Å². The summed E-state index contributed by atoms with van der Waals surface area (Å²) in [5.41, 5.74) is 5.56. The van der Waals surface area contributed by atoms with E-state index >= 15 is 0 Å². The van der Waals surface area contributed by atoms with E-state index in [0.29, 0.717) is 21.4 Å². The highest BCUT2D eigenvalue weighted by Crippen LogP contribution is 2.25. The Kier molecular flexibility index (Phi) is 5.41. The molecule has 2 aromatic carbocycles. The number of nitrogens with two attached hydrogens (primary N) is 1. The molecule has 0 aliphatic carbocycles. The van der Waals surface area contributed by atoms with Crippen LogP contribution in [-0.2, 0) is 4.79 Å². The van der Waals surface area contributed by atoms with Crippen molar-refractivity contribution in [1.29, 1.82) is 0 Å². The summed E-state index contributed by atoms with van der Waals surface area (Å²) in [6.07, 6.45) is 0. The lowest BCUT2D eigenvalue weighted by Crippen LogP contribution is -2.22. The predicted molar refractivity (Wildman–Crippen MR) is 88.5 cm³/mol. The number of primary amides is 1. The second kappa shape index (κ2) is 7.30. The maximum atomic E-state index is 13.4. The van der Waals surface area contributed by atoms with E-state index in [9.17, 15) is 14.0 Å². The molecule has 0 saturated carbocycles. The Morgan fingerprint density at radius 3 is 2.57 bits per heavy atom. The molecule has 0 aromatic heterocycles. The van der Waals surface area contributed by atoms with Gasteiger partial charge in [-0.2, -0.15) is 0 Å². The molecule has 0 aliphatic rings. The zero-order chi connectivity index (χ0) is 17.0. The minimum Gasteiger partial charge on any atom is -0.376 e. The highest BCUT2D eigenvalue weighted by molar-refractivity contribution is 6.35. The number of hydrogen-bond donors (Lipinski definition) is 3. The molecule has 2 amide bonds. The number of hydrogen-bond acceptors (Lipinski definition) is 3. The monoisotopic (exact) mass is 355 g/mol. The van der Waals surface area contributed by atoms with Crippen LogP contribution in [0.4, 0.5) is 15.8 Å². The highest BCUT2D eigenvalue weighted by Gasteiger charge is 2.10. The van der Waals surface area contributed by atoms with Crippen molar-refractivity contribution < 1.29 is 14.0 Å². The van der Waals surface area contributed by atoms with Crippen LogP contribution in [0.1, 0.15) is 10.4 Å². The molecule has 0 spiro atoms. The predicted octanol–water partition coefficient (Wildman–Crippen LogP) is 3.28. The lowest BCUT2D eigenvalue weighted by Gasteiger charge is -2.10. The third-order valence-electron chi connectivity index (χ3n) is 2.89. The van der Waals surface area contributed by atoms with Crippen molar-refractivity contribution >= 4 is 46.4 Å². The molecule has 0 fully saturated rings. The molecule has 0 radical (unpaired) electrons. The van der Waals surface area contributed by atoms with Crippen molar-refractivity contribution in [3.05, 3.63) is 57.8 Å². The van der Waals surface area contributed by atoms with Gasteiger partial charge >= 0.3 is 0 Å². The quantitative estimate of drug-likeness (QED) is 0.769. The summed E-state index contributed by atoms with van der Waals surface area (Å²) in [6, 6.07) is 8.39. The van der Waals surface area contributed by atoms with E-state index in [4.69, 9.17) is 28.9 Å². The molecule has 2 rings (SSSR count). The molecular formula is C15H12Cl2FN3O2. The first-order valence-electron chi connectivity index (χ1n) is 6.45. The van der Waals surface area contributed by atoms with Gasteiger partial charge in [-0.3, -0.25) is 9.59 Å². The van der Waals surface area contributed by atoms with Crippen molar-refractivity contribution in [2.24, 2.45) is 5.73 Å². The molecule has 2 aromatic rings. The number of carbonyl (C=O) groups excluding carboxylic acids is 2. The lowest BCUT2D eigenvalue weighted by molar-refractivity contribution is -0.114. The molecule has 0 aliphatic heterocycles. The third kappa shape index (κ3) is 4.58. The van der Waals surface area contributed by atoms with Crippen LogP contribution < -0.4 is 16.4 Å². The second-order valence-electron chi connectivity index (χ2n) is 4.58. The molecule has 4 N–H and O–H groups in total. The average molecular weight is 356 g/mol. The summed E-state index contributed by atoms with van der Waals surface area (Å²) in [7, 11) is 0. The van der Waals surface area contributed by atoms with Crippen molar-refractivity contribution in [1.82, 2.24) is 0 Å². The summed E-state index contributed by atoms with van der Waals surface area (Å²) < 4.78 is 13.4. The zero-order valence-electron chi connectivity index (χ0n) is 11.7. The topological polar surface area (TPSA) is 84.2 Å². The number of amides is 2. The highest BCUT2D eigenvalue weighted by atomic mass is 35.5. The van der Waals surface area contributed by atoms with E-state index in [1.54, 1.807) is 12.1 Å². The Bertz CT molecular complexity index is 768. The molecule has 0 saturated heterocycles. The smallest absolute Gasteiger partial charge is 0.251 e. The van der Waals surface area contributed by atoms with E-state index in [1.807, 2.05) is 0 Å². The third-order valence-corrected chi connectivity index (χ3v) is 3.45. The minimum absolute atomic E-state index is 0.118. The largest absolute Gasteiger partial charge is 0.376 e. The minimum atomic E-state index is -0.888. The number of benzene rings is 2. The van der Waals surface area contributed by atoms with Gasteiger partial charge in [0.1, 0.15) is 5.82 Å². The van der Waals surface area contributed by atoms with Crippen molar-refractivity contribution in [3.63, 3.8) is 0 Å². The first-order chi connectivity index (χ1) is 10.9. The molecule has 8 heteroatoms. The van der Waals surface area contributed by atoms with E-state index in [2.05, 4.69) is 10.6 Å². The van der Waals surface area contributed by atoms with Crippen LogP contribution in [0.25, 0.3) is 0 Å². The lowest BCUT2D eigenvalue weighted by atomic mass is 10.2. The number of carbonyl (C=O) groups is 2. The van der Waals surface area contributed by atoms with Gasteiger partial charge in [0.25, 0.3) is 5.91 Å². The van der Waals surface area contributed by atoms with Gasteiger partial charge in [0.05, 0.1) is 22.8 Å². The van der Waals surface area contributed by atoms with Crippen LogP contribution >= 0.6 is 23.2 Å². The number of anilines is 2. The maximum Gasteiger partial charge on any atom is 0.251 e. The molecule has 0 heterocycles. The summed E-state index contributed by atoms with van der Waals surface area (Å²) in [5, 5.41) is 6.13. The van der Waals surface area contributed by atoms with Crippen molar-refractivity contribution in [2.75, 3.05) is 17.2 Å². The second-order valence-corrected chi connectivity index (χ2v) is 5.43. The Morgan fingerprint density at radius 2 is 1.87 bits per heavy atom. The van der Waals surface area contributed by atoms with Crippen LogP contribution in [0.3, 0.4) is 0 Å². The van der Waals surface area contributed by atoms with E-state index in [0.717, 1.165) is 6.07 Å². The van der Waals surface area contributed by atoms with E-state index < -0.39 is 11.7 Å². The van der Waals surface area contributed by atoms with Gasteiger partial charge in [0.2, 0.25) is 5.91 Å². The van der Waals surface area contributed by atoms with Gasteiger partial charge in [-0.25, -0.2) is 4.39 Å². The molecule has 0 unspecified atom stereocenters. The van der Waals surface area contributed by atoms with Crippen molar-refractivity contribution in [3.8, 4) is 0 Å². The van der Waals surface area contributed by atoms with Gasteiger partial charge in [-0.15, -0.1) is 0 Å². The Balaban J connectivity index is 2.01. The molecule has 5 nitrogen and oxygen atoms in total. The molecule has 0 bridgehead atoms. The number of halogens is 3. The Hall–Kier alpha value is -2.31. The number of rotatable bonds is 5. The summed E-state index contributed by atoms with van der Waals surface area (Å²) >= 11 is 11.8. The zero-order valence-corrected chi connectivity index (χ0v) is 13.2. The SMILES string of the molecule is NC(=O)c1cc(NCC(=O)Nc2cc(Cl)ccc2Cl)ccc1F. The van der Waals surface area contributed by atoms with E-state index in [-0.39, 0.29) is 18.0 Å².